The predicted octanol–water partition coefficient (Wildman–Crippen LogP) is 1.02. The van der Waals surface area contributed by atoms with E-state index in [1.807, 2.05) is 14.1 Å². The van der Waals surface area contributed by atoms with Crippen molar-refractivity contribution < 1.29 is 0 Å². The molecule has 3 nitrogen and oxygen atoms in total. The van der Waals surface area contributed by atoms with Gasteiger partial charge < -0.3 is 15.5 Å². The fourth-order valence-corrected chi connectivity index (χ4v) is 0.768. The molecule has 88 valence electrons. The van der Waals surface area contributed by atoms with Gasteiger partial charge in [-0.15, -0.1) is 0 Å². The zero-order valence-corrected chi connectivity index (χ0v) is 10.9. The minimum atomic E-state index is 0.840. The molecule has 0 atom stereocenters. The van der Waals surface area contributed by atoms with Crippen LogP contribution in [0, 0.1) is 5.92 Å². The van der Waals surface area contributed by atoms with Crippen molar-refractivity contribution in [1.29, 1.82) is 0 Å². The summed E-state index contributed by atoms with van der Waals surface area (Å²) in [6.45, 7) is 7.82. The summed E-state index contributed by atoms with van der Waals surface area (Å²) < 4.78 is 0. The molecule has 3 heteroatoms. The number of hydrogen-bond acceptors (Lipinski definition) is 3. The Labute approximate surface area is 90.3 Å². The summed E-state index contributed by atoms with van der Waals surface area (Å²) in [4.78, 5) is 2.15. The Morgan fingerprint density at radius 1 is 1.00 bits per heavy atom. The third kappa shape index (κ3) is 22.6. The van der Waals surface area contributed by atoms with Gasteiger partial charge in [-0.1, -0.05) is 13.8 Å². The third-order valence-electron chi connectivity index (χ3n) is 1.78. The van der Waals surface area contributed by atoms with Crippen LogP contribution in [0.2, 0.25) is 0 Å². The first kappa shape index (κ1) is 16.3. The zero-order chi connectivity index (χ0) is 11.4. The van der Waals surface area contributed by atoms with Gasteiger partial charge in [0.15, 0.2) is 0 Å². The van der Waals surface area contributed by atoms with Crippen LogP contribution in [0.3, 0.4) is 0 Å². The fourth-order valence-electron chi connectivity index (χ4n) is 0.768. The molecule has 0 aliphatic rings. The molecule has 0 radical (unpaired) electrons. The summed E-state index contributed by atoms with van der Waals surface area (Å²) in [5, 5.41) is 6.16. The van der Waals surface area contributed by atoms with Crippen LogP contribution in [0.25, 0.3) is 0 Å². The minimum Gasteiger partial charge on any atom is -0.320 e. The van der Waals surface area contributed by atoms with E-state index in [1.165, 1.54) is 6.42 Å². The molecule has 0 saturated heterocycles. The van der Waals surface area contributed by atoms with Crippen LogP contribution in [0.1, 0.15) is 20.3 Å². The van der Waals surface area contributed by atoms with Crippen molar-refractivity contribution in [2.75, 3.05) is 47.8 Å². The number of hydrogen-bond donors (Lipinski definition) is 2. The fraction of sp³-hybridized carbons (Fsp3) is 1.00. The summed E-state index contributed by atoms with van der Waals surface area (Å²) in [6, 6.07) is 0. The summed E-state index contributed by atoms with van der Waals surface area (Å²) in [5.74, 6) is 0.840. The topological polar surface area (TPSA) is 27.3 Å². The lowest BCUT2D eigenvalue weighted by molar-refractivity contribution is 0.407. The quantitative estimate of drug-likeness (QED) is 0.675. The van der Waals surface area contributed by atoms with Gasteiger partial charge in [0, 0.05) is 13.1 Å². The van der Waals surface area contributed by atoms with Crippen LogP contribution in [0.5, 0.6) is 0 Å². The molecule has 0 aliphatic heterocycles. The van der Waals surface area contributed by atoms with Crippen molar-refractivity contribution in [3.63, 3.8) is 0 Å². The Morgan fingerprint density at radius 3 is 1.64 bits per heavy atom. The maximum absolute atomic E-state index is 3.10. The molecule has 0 fully saturated rings. The van der Waals surface area contributed by atoms with Gasteiger partial charge in [0.25, 0.3) is 0 Å². The van der Waals surface area contributed by atoms with Gasteiger partial charge in [-0.2, -0.15) is 0 Å². The van der Waals surface area contributed by atoms with Crippen molar-refractivity contribution in [3.8, 4) is 0 Å². The molecule has 0 saturated carbocycles. The Morgan fingerprint density at radius 2 is 1.50 bits per heavy atom. The standard InChI is InChI=1S/C6H15N.C5H14N2/c1-6(2)4-5-7-3;1-6-4-5-7(2)3/h6-7H,4-5H2,1-3H3;6H,4-5H2,1-3H3. The van der Waals surface area contributed by atoms with E-state index in [0.717, 1.165) is 25.6 Å². The molecule has 0 amide bonds. The molecule has 0 bridgehead atoms. The molecule has 0 rings (SSSR count). The van der Waals surface area contributed by atoms with Crippen molar-refractivity contribution in [2.24, 2.45) is 5.92 Å². The molecule has 2 N–H and O–H groups in total. The number of nitrogens with zero attached hydrogens (tertiary/aromatic N) is 1. The van der Waals surface area contributed by atoms with Gasteiger partial charge in [0.2, 0.25) is 0 Å². The van der Waals surface area contributed by atoms with Gasteiger partial charge in [0.1, 0.15) is 0 Å². The van der Waals surface area contributed by atoms with Crippen molar-refractivity contribution >= 4 is 0 Å². The Balaban J connectivity index is 0. The average molecular weight is 203 g/mol. The summed E-state index contributed by atoms with van der Waals surface area (Å²) >= 11 is 0. The summed E-state index contributed by atoms with van der Waals surface area (Å²) in [7, 11) is 8.08. The second kappa shape index (κ2) is 12.9. The molecule has 0 spiro atoms. The molecule has 0 unspecified atom stereocenters. The molecular formula is C11H29N3. The molecular weight excluding hydrogens is 174 g/mol. The highest BCUT2D eigenvalue weighted by Crippen LogP contribution is 1.94. The Hall–Kier alpha value is -0.120. The summed E-state index contributed by atoms with van der Waals surface area (Å²) in [5.41, 5.74) is 0. The molecule has 14 heavy (non-hydrogen) atoms. The van der Waals surface area contributed by atoms with Crippen molar-refractivity contribution in [3.05, 3.63) is 0 Å². The highest BCUT2D eigenvalue weighted by molar-refractivity contribution is 4.45. The average Bonchev–Trinajstić information content (AvgIpc) is 2.12. The van der Waals surface area contributed by atoms with Crippen LogP contribution in [-0.4, -0.2) is 52.7 Å². The lowest BCUT2D eigenvalue weighted by atomic mass is 10.1. The van der Waals surface area contributed by atoms with Crippen LogP contribution in [-0.2, 0) is 0 Å². The van der Waals surface area contributed by atoms with E-state index in [0.29, 0.717) is 0 Å². The van der Waals surface area contributed by atoms with E-state index in [-0.39, 0.29) is 0 Å². The van der Waals surface area contributed by atoms with Gasteiger partial charge >= 0.3 is 0 Å². The molecule has 0 heterocycles. The first-order chi connectivity index (χ1) is 6.54. The first-order valence-corrected chi connectivity index (χ1v) is 5.48. The van der Waals surface area contributed by atoms with E-state index < -0.39 is 0 Å². The van der Waals surface area contributed by atoms with Crippen LogP contribution in [0.4, 0.5) is 0 Å². The summed E-state index contributed by atoms with van der Waals surface area (Å²) in [6.07, 6.45) is 1.29. The second-order valence-corrected chi connectivity index (χ2v) is 4.19. The maximum atomic E-state index is 3.10. The van der Waals surface area contributed by atoms with Gasteiger partial charge in [-0.05, 0) is 47.1 Å². The monoisotopic (exact) mass is 203 g/mol. The minimum absolute atomic E-state index is 0.840. The predicted molar refractivity (Wildman–Crippen MR) is 65.9 cm³/mol. The Bertz CT molecular complexity index is 80.5. The number of rotatable bonds is 6. The maximum Gasteiger partial charge on any atom is 0.0101 e. The normalized spacial score (nSPS) is 10.3. The van der Waals surface area contributed by atoms with E-state index in [4.69, 9.17) is 0 Å². The van der Waals surface area contributed by atoms with Gasteiger partial charge in [-0.25, -0.2) is 0 Å². The van der Waals surface area contributed by atoms with E-state index in [2.05, 4.69) is 43.5 Å². The van der Waals surface area contributed by atoms with Gasteiger partial charge in [0.05, 0.1) is 0 Å². The largest absolute Gasteiger partial charge is 0.320 e. The highest BCUT2D eigenvalue weighted by Gasteiger charge is 1.88. The van der Waals surface area contributed by atoms with Crippen LogP contribution in [0.15, 0.2) is 0 Å². The lowest BCUT2D eigenvalue weighted by Gasteiger charge is -2.06. The van der Waals surface area contributed by atoms with Crippen molar-refractivity contribution in [1.82, 2.24) is 15.5 Å². The molecule has 0 aromatic heterocycles. The number of likely N-dealkylation sites (N-methyl/N-ethyl adjacent to an activating group) is 2. The SMILES string of the molecule is CNCCC(C)C.CNCCN(C)C. The van der Waals surface area contributed by atoms with E-state index in [1.54, 1.807) is 0 Å². The molecule has 0 aromatic carbocycles. The molecule has 0 aromatic rings. The first-order valence-electron chi connectivity index (χ1n) is 5.48. The van der Waals surface area contributed by atoms with Gasteiger partial charge in [-0.3, -0.25) is 0 Å². The van der Waals surface area contributed by atoms with Crippen LogP contribution >= 0.6 is 0 Å². The Kier molecular flexibility index (Phi) is 15.0. The van der Waals surface area contributed by atoms with Crippen molar-refractivity contribution in [2.45, 2.75) is 20.3 Å². The second-order valence-electron chi connectivity index (χ2n) is 4.19. The molecule has 0 aliphatic carbocycles. The smallest absolute Gasteiger partial charge is 0.0101 e. The van der Waals surface area contributed by atoms with E-state index >= 15 is 0 Å². The number of nitrogens with one attached hydrogen (secondary N) is 2. The third-order valence-corrected chi connectivity index (χ3v) is 1.78. The van der Waals surface area contributed by atoms with Crippen LogP contribution < -0.4 is 10.6 Å². The lowest BCUT2D eigenvalue weighted by Crippen LogP contribution is -2.23. The zero-order valence-electron chi connectivity index (χ0n) is 10.9. The van der Waals surface area contributed by atoms with E-state index in [9.17, 15) is 0 Å². The highest BCUT2D eigenvalue weighted by atomic mass is 15.1.